The number of nitrogens with zero attached hydrogens (tertiary/aromatic N) is 4. The van der Waals surface area contributed by atoms with Gasteiger partial charge in [-0.15, -0.1) is 16.4 Å². The summed E-state index contributed by atoms with van der Waals surface area (Å²) < 4.78 is 1.13. The quantitative estimate of drug-likeness (QED) is 0.646. The summed E-state index contributed by atoms with van der Waals surface area (Å²) in [5.74, 6) is -0.0867. The van der Waals surface area contributed by atoms with Gasteiger partial charge < -0.3 is 5.32 Å². The van der Waals surface area contributed by atoms with E-state index in [1.54, 1.807) is 35.6 Å². The van der Waals surface area contributed by atoms with Crippen molar-refractivity contribution in [2.45, 2.75) is 46.6 Å². The summed E-state index contributed by atoms with van der Waals surface area (Å²) >= 11 is 1.55. The Bertz CT molecular complexity index is 1300. The number of aryl methyl sites for hydroxylation is 1. The second-order valence-corrected chi connectivity index (χ2v) is 10.7. The molecule has 5 rings (SSSR count). The molecule has 1 aromatic carbocycles. The fraction of sp³-hybridized carbons (Fsp3) is 0.435. The smallest absolute Gasteiger partial charge is 0.279 e. The van der Waals surface area contributed by atoms with Gasteiger partial charge in [0.25, 0.3) is 5.56 Å². The molecule has 2 aliphatic rings. The molecule has 2 amide bonds. The molecule has 2 aromatic heterocycles. The maximum Gasteiger partial charge on any atom is 0.279 e. The monoisotopic (exact) mass is 451 g/mol. The fourth-order valence-corrected chi connectivity index (χ4v) is 5.87. The third-order valence-corrected chi connectivity index (χ3v) is 7.66. The average molecular weight is 452 g/mol. The second-order valence-electron chi connectivity index (χ2n) is 9.59. The first-order chi connectivity index (χ1) is 15.2. The largest absolute Gasteiger partial charge is 0.323 e. The van der Waals surface area contributed by atoms with Gasteiger partial charge in [0, 0.05) is 4.88 Å². The third kappa shape index (κ3) is 3.50. The average Bonchev–Trinajstić information content (AvgIpc) is 3.13. The van der Waals surface area contributed by atoms with Crippen molar-refractivity contribution in [3.8, 4) is 0 Å². The summed E-state index contributed by atoms with van der Waals surface area (Å²) in [5, 5.41) is 11.7. The van der Waals surface area contributed by atoms with E-state index in [1.165, 1.54) is 9.78 Å². The van der Waals surface area contributed by atoms with Gasteiger partial charge in [-0.3, -0.25) is 19.3 Å². The van der Waals surface area contributed by atoms with Crippen LogP contribution >= 0.6 is 11.3 Å². The first kappa shape index (κ1) is 20.8. The third-order valence-electron chi connectivity index (χ3n) is 6.52. The zero-order valence-corrected chi connectivity index (χ0v) is 19.2. The molecular weight excluding hydrogens is 426 g/mol. The van der Waals surface area contributed by atoms with Gasteiger partial charge >= 0.3 is 0 Å². The predicted molar refractivity (Wildman–Crippen MR) is 124 cm³/mol. The van der Waals surface area contributed by atoms with E-state index in [2.05, 4.69) is 36.4 Å². The van der Waals surface area contributed by atoms with E-state index in [1.807, 2.05) is 0 Å². The highest BCUT2D eigenvalue weighted by molar-refractivity contribution is 7.18. The molecule has 1 atom stereocenters. The van der Waals surface area contributed by atoms with Crippen LogP contribution in [0.25, 0.3) is 10.2 Å². The van der Waals surface area contributed by atoms with Crippen LogP contribution in [0.15, 0.2) is 29.1 Å². The van der Waals surface area contributed by atoms with Crippen LogP contribution in [-0.2, 0) is 29.0 Å². The molecule has 1 aliphatic carbocycles. The van der Waals surface area contributed by atoms with Crippen LogP contribution in [0, 0.1) is 11.3 Å². The molecular formula is C23H25N5O3S. The molecule has 0 spiro atoms. The molecule has 8 nitrogen and oxygen atoms in total. The molecule has 0 fully saturated rings. The summed E-state index contributed by atoms with van der Waals surface area (Å²) in [6.45, 7) is 6.41. The molecule has 166 valence electrons. The van der Waals surface area contributed by atoms with Crippen molar-refractivity contribution in [2.75, 3.05) is 16.8 Å². The molecule has 1 aliphatic heterocycles. The van der Waals surface area contributed by atoms with Gasteiger partial charge in [-0.2, -0.15) is 0 Å². The number of carbonyl (C=O) groups is 2. The Labute approximate surface area is 189 Å². The van der Waals surface area contributed by atoms with Crippen LogP contribution in [0.1, 0.15) is 37.6 Å². The number of rotatable bonds is 2. The lowest BCUT2D eigenvalue weighted by molar-refractivity contribution is -0.122. The highest BCUT2D eigenvalue weighted by Crippen LogP contribution is 2.41. The summed E-state index contributed by atoms with van der Waals surface area (Å²) in [6, 6.07) is 7.11. The number of benzene rings is 1. The van der Waals surface area contributed by atoms with E-state index < -0.39 is 0 Å². The van der Waals surface area contributed by atoms with E-state index in [9.17, 15) is 14.4 Å². The van der Waals surface area contributed by atoms with E-state index in [0.717, 1.165) is 29.5 Å². The Balaban J connectivity index is 1.46. The standard InChI is InChI=1S/C23H25N5O3S/c1-23(2,3)13-8-9-14-17(10-13)32-21-20(14)22(31)28(26-25-21)12-19(30)27-11-18(29)24-15-6-4-5-7-16(15)27/h4-7,13H,8-12H2,1-3H3,(H,24,29). The van der Waals surface area contributed by atoms with Gasteiger partial charge in [-0.1, -0.05) is 38.1 Å². The van der Waals surface area contributed by atoms with Crippen molar-refractivity contribution in [1.29, 1.82) is 0 Å². The zero-order valence-electron chi connectivity index (χ0n) is 18.3. The molecule has 0 saturated heterocycles. The van der Waals surface area contributed by atoms with Gasteiger partial charge in [0.2, 0.25) is 11.8 Å². The van der Waals surface area contributed by atoms with Crippen molar-refractivity contribution in [1.82, 2.24) is 15.0 Å². The minimum absolute atomic E-state index is 0.0949. The maximum absolute atomic E-state index is 13.3. The molecule has 3 heterocycles. The Morgan fingerprint density at radius 1 is 1.25 bits per heavy atom. The summed E-state index contributed by atoms with van der Waals surface area (Å²) in [5.41, 5.74) is 2.18. The lowest BCUT2D eigenvalue weighted by Gasteiger charge is -2.33. The van der Waals surface area contributed by atoms with E-state index >= 15 is 0 Å². The summed E-state index contributed by atoms with van der Waals surface area (Å²) in [6.07, 6.45) is 2.81. The Kier molecular flexibility index (Phi) is 4.88. The Morgan fingerprint density at radius 2 is 2.03 bits per heavy atom. The van der Waals surface area contributed by atoms with Crippen molar-refractivity contribution in [2.24, 2.45) is 11.3 Å². The van der Waals surface area contributed by atoms with Crippen LogP contribution in [0.4, 0.5) is 11.4 Å². The first-order valence-corrected chi connectivity index (χ1v) is 11.6. The summed E-state index contributed by atoms with van der Waals surface area (Å²) in [7, 11) is 0. The number of thiophene rings is 1. The number of para-hydroxylation sites is 2. The van der Waals surface area contributed by atoms with Crippen LogP contribution in [0.3, 0.4) is 0 Å². The van der Waals surface area contributed by atoms with Crippen molar-refractivity contribution in [3.63, 3.8) is 0 Å². The van der Waals surface area contributed by atoms with Gasteiger partial charge in [0.15, 0.2) is 4.83 Å². The topological polar surface area (TPSA) is 97.2 Å². The Morgan fingerprint density at radius 3 is 2.81 bits per heavy atom. The van der Waals surface area contributed by atoms with Crippen molar-refractivity contribution in [3.05, 3.63) is 45.1 Å². The van der Waals surface area contributed by atoms with Crippen LogP contribution in [-0.4, -0.2) is 33.4 Å². The number of hydrogen-bond acceptors (Lipinski definition) is 6. The molecule has 0 radical (unpaired) electrons. The Hall–Kier alpha value is -3.07. The van der Waals surface area contributed by atoms with Gasteiger partial charge in [0.05, 0.1) is 16.8 Å². The molecule has 1 N–H and O–H groups in total. The first-order valence-electron chi connectivity index (χ1n) is 10.8. The van der Waals surface area contributed by atoms with Gasteiger partial charge in [0.1, 0.15) is 13.1 Å². The molecule has 3 aromatic rings. The SMILES string of the molecule is CC(C)(C)C1CCc2c(sc3nnn(CC(=O)N4CC(=O)Nc5ccccc54)c(=O)c23)C1. The molecule has 9 heteroatoms. The van der Waals surface area contributed by atoms with E-state index in [-0.39, 0.29) is 35.9 Å². The second kappa shape index (κ2) is 7.51. The van der Waals surface area contributed by atoms with Crippen molar-refractivity contribution >= 4 is 44.7 Å². The molecule has 0 saturated carbocycles. The van der Waals surface area contributed by atoms with Crippen LogP contribution in [0.5, 0.6) is 0 Å². The normalized spacial score (nSPS) is 18.3. The molecule has 1 unspecified atom stereocenters. The summed E-state index contributed by atoms with van der Waals surface area (Å²) in [4.78, 5) is 41.7. The van der Waals surface area contributed by atoms with E-state index in [0.29, 0.717) is 27.5 Å². The minimum Gasteiger partial charge on any atom is -0.323 e. The fourth-order valence-electron chi connectivity index (χ4n) is 4.64. The van der Waals surface area contributed by atoms with Gasteiger partial charge in [-0.25, -0.2) is 4.68 Å². The minimum atomic E-state index is -0.375. The number of carbonyl (C=O) groups excluding carboxylic acids is 2. The highest BCUT2D eigenvalue weighted by Gasteiger charge is 2.32. The zero-order chi connectivity index (χ0) is 22.6. The lowest BCUT2D eigenvalue weighted by Crippen LogP contribution is -2.45. The van der Waals surface area contributed by atoms with Crippen LogP contribution in [0.2, 0.25) is 0 Å². The lowest BCUT2D eigenvalue weighted by atomic mass is 9.72. The number of anilines is 2. The number of amides is 2. The van der Waals surface area contributed by atoms with Crippen LogP contribution < -0.4 is 15.8 Å². The molecule has 0 bridgehead atoms. The number of nitrogens with one attached hydrogen (secondary N) is 1. The predicted octanol–water partition coefficient (Wildman–Crippen LogP) is 2.99. The number of aromatic nitrogens is 3. The molecule has 32 heavy (non-hydrogen) atoms. The van der Waals surface area contributed by atoms with Crippen molar-refractivity contribution < 1.29 is 9.59 Å². The highest BCUT2D eigenvalue weighted by atomic mass is 32.1. The number of fused-ring (bicyclic) bond motifs is 4. The van der Waals surface area contributed by atoms with Gasteiger partial charge in [-0.05, 0) is 48.3 Å². The number of hydrogen-bond donors (Lipinski definition) is 1. The van der Waals surface area contributed by atoms with E-state index in [4.69, 9.17) is 0 Å². The maximum atomic E-state index is 13.3.